The van der Waals surface area contributed by atoms with Crippen molar-refractivity contribution in [1.29, 1.82) is 0 Å². The summed E-state index contributed by atoms with van der Waals surface area (Å²) in [5, 5.41) is 3.36. The van der Waals surface area contributed by atoms with Gasteiger partial charge in [-0.1, -0.05) is 150 Å². The van der Waals surface area contributed by atoms with Crippen LogP contribution in [0.3, 0.4) is 0 Å². The van der Waals surface area contributed by atoms with Crippen molar-refractivity contribution in [3.8, 4) is 0 Å². The Bertz CT molecular complexity index is 1010. The van der Waals surface area contributed by atoms with Crippen molar-refractivity contribution in [2.75, 3.05) is 0 Å². The van der Waals surface area contributed by atoms with Gasteiger partial charge in [-0.05, 0) is 33.3 Å². The number of hydrogen-bond donors (Lipinski definition) is 0. The fourth-order valence-corrected chi connectivity index (χ4v) is 12.9. The second kappa shape index (κ2) is 10.6. The molecule has 2 atom stereocenters. The van der Waals surface area contributed by atoms with Gasteiger partial charge in [-0.2, -0.15) is 0 Å². The molecule has 0 bridgehead atoms. The number of allylic oxidation sites excluding steroid dienone is 2. The zero-order valence-electron chi connectivity index (χ0n) is 24.3. The molecule has 0 aromatic heterocycles. The molecule has 4 rings (SSSR count). The summed E-state index contributed by atoms with van der Waals surface area (Å²) in [5.41, 5.74) is 7.76. The maximum atomic E-state index is 2.61. The summed E-state index contributed by atoms with van der Waals surface area (Å²) >= 11 is 0. The van der Waals surface area contributed by atoms with Crippen molar-refractivity contribution in [3.63, 3.8) is 0 Å². The van der Waals surface area contributed by atoms with Crippen molar-refractivity contribution >= 4 is 42.7 Å². The molecule has 0 fully saturated rings. The molecule has 0 N–H and O–H groups in total. The Morgan fingerprint density at radius 1 is 0.457 bits per heavy atom. The standard InChI is InChI=1S/2C15H24Si2.Mn/c2*1-16(2,3)14-11-15(17(4,5)6)13-10-8-7-9-12(13)14;/h2*7-11,14H,1-6H3;/q;;+2. The first-order valence-electron chi connectivity index (χ1n) is 13.1. The maximum Gasteiger partial charge on any atom is 2.00 e. The molecule has 2 aliphatic carbocycles. The minimum absolute atomic E-state index is 0. The van der Waals surface area contributed by atoms with Gasteiger partial charge in [0, 0.05) is 0 Å². The van der Waals surface area contributed by atoms with Crippen LogP contribution in [0.2, 0.25) is 78.6 Å². The third-order valence-electron chi connectivity index (χ3n) is 7.32. The average molecular weight is 576 g/mol. The molecule has 1 radical (unpaired) electrons. The van der Waals surface area contributed by atoms with E-state index in [2.05, 4.69) is 139 Å². The molecular formula is C30H48MnSi4+2. The molecule has 2 unspecified atom stereocenters. The quantitative estimate of drug-likeness (QED) is 0.318. The second-order valence-corrected chi connectivity index (χ2v) is 35.3. The minimum atomic E-state index is -1.21. The molecule has 0 nitrogen and oxygen atoms in total. The van der Waals surface area contributed by atoms with Crippen LogP contribution >= 0.6 is 0 Å². The summed E-state index contributed by atoms with van der Waals surface area (Å²) in [6.07, 6.45) is 5.23. The van der Waals surface area contributed by atoms with Crippen LogP contribution in [0.1, 0.15) is 33.3 Å². The van der Waals surface area contributed by atoms with Gasteiger partial charge in [0.25, 0.3) is 0 Å². The zero-order chi connectivity index (χ0) is 25.7. The molecular weight excluding hydrogens is 528 g/mol. The molecule has 0 heterocycles. The van der Waals surface area contributed by atoms with Gasteiger partial charge >= 0.3 is 17.1 Å². The van der Waals surface area contributed by atoms with E-state index in [0.29, 0.717) is 0 Å². The Morgan fingerprint density at radius 2 is 0.743 bits per heavy atom. The summed E-state index contributed by atoms with van der Waals surface area (Å²) in [4.78, 5) is 0. The Morgan fingerprint density at radius 3 is 1.00 bits per heavy atom. The topological polar surface area (TPSA) is 0 Å². The SMILES string of the molecule is C[Si](C)(C)C1=CC([Si](C)(C)C)c2ccccc21.C[Si](C)(C)C1=CC([Si](C)(C)C)c2ccccc21.[Mn+2]. The largest absolute Gasteiger partial charge is 2.00 e. The Kier molecular flexibility index (Phi) is 9.23. The Labute approximate surface area is 231 Å². The van der Waals surface area contributed by atoms with Gasteiger partial charge in [-0.25, -0.2) is 0 Å². The molecule has 5 heteroatoms. The van der Waals surface area contributed by atoms with E-state index in [9.17, 15) is 0 Å². The smallest absolute Gasteiger partial charge is 0.0799 e. The van der Waals surface area contributed by atoms with E-state index >= 15 is 0 Å². The van der Waals surface area contributed by atoms with E-state index in [1.807, 2.05) is 0 Å². The van der Waals surface area contributed by atoms with Crippen LogP contribution in [0.5, 0.6) is 0 Å². The van der Waals surface area contributed by atoms with Crippen molar-refractivity contribution in [2.45, 2.75) is 89.6 Å². The molecule has 0 aliphatic heterocycles. The monoisotopic (exact) mass is 575 g/mol. The summed E-state index contributed by atoms with van der Waals surface area (Å²) in [5.74, 6) is 0. The summed E-state index contributed by atoms with van der Waals surface area (Å²) < 4.78 is 0. The molecule has 2 aromatic rings. The van der Waals surface area contributed by atoms with Gasteiger partial charge < -0.3 is 0 Å². The van der Waals surface area contributed by atoms with Gasteiger partial charge in [0.15, 0.2) is 0 Å². The van der Waals surface area contributed by atoms with Crippen LogP contribution in [0.4, 0.5) is 0 Å². The van der Waals surface area contributed by atoms with E-state index in [1.54, 1.807) is 32.6 Å². The summed E-state index contributed by atoms with van der Waals surface area (Å²) in [7, 11) is -4.73. The normalized spacial score (nSPS) is 19.5. The third kappa shape index (κ3) is 6.80. The average Bonchev–Trinajstić information content (AvgIpc) is 3.27. The second-order valence-electron chi connectivity index (χ2n) is 14.5. The first-order valence-corrected chi connectivity index (χ1v) is 27.2. The predicted molar refractivity (Wildman–Crippen MR) is 168 cm³/mol. The van der Waals surface area contributed by atoms with E-state index in [1.165, 1.54) is 0 Å². The summed E-state index contributed by atoms with van der Waals surface area (Å²) in [6.45, 7) is 29.7. The number of benzene rings is 2. The third-order valence-corrected chi connectivity index (χ3v) is 16.1. The van der Waals surface area contributed by atoms with E-state index < -0.39 is 32.3 Å². The van der Waals surface area contributed by atoms with Gasteiger partial charge in [0.2, 0.25) is 0 Å². The molecule has 189 valence electrons. The van der Waals surface area contributed by atoms with Crippen molar-refractivity contribution in [3.05, 3.63) is 82.9 Å². The maximum absolute atomic E-state index is 2.61. The minimum Gasteiger partial charge on any atom is -0.0799 e. The number of hydrogen-bond acceptors (Lipinski definition) is 0. The number of fused-ring (bicyclic) bond motifs is 2. The summed E-state index contributed by atoms with van der Waals surface area (Å²) in [6, 6.07) is 18.2. The van der Waals surface area contributed by atoms with E-state index in [-0.39, 0.29) is 17.1 Å². The molecule has 0 amide bonds. The van der Waals surface area contributed by atoms with E-state index in [4.69, 9.17) is 0 Å². The Hall–Kier alpha value is -0.693. The van der Waals surface area contributed by atoms with Gasteiger partial charge in [0.1, 0.15) is 0 Å². The molecule has 35 heavy (non-hydrogen) atoms. The fraction of sp³-hybridized carbons (Fsp3) is 0.467. The zero-order valence-corrected chi connectivity index (χ0v) is 29.5. The van der Waals surface area contributed by atoms with Crippen LogP contribution in [-0.4, -0.2) is 32.3 Å². The van der Waals surface area contributed by atoms with Crippen molar-refractivity contribution in [2.24, 2.45) is 0 Å². The van der Waals surface area contributed by atoms with Crippen molar-refractivity contribution < 1.29 is 17.1 Å². The molecule has 0 saturated carbocycles. The predicted octanol–water partition coefficient (Wildman–Crippen LogP) is 9.84. The first-order chi connectivity index (χ1) is 15.4. The molecule has 0 saturated heterocycles. The van der Waals surface area contributed by atoms with Crippen LogP contribution in [0.25, 0.3) is 10.4 Å². The van der Waals surface area contributed by atoms with Gasteiger partial charge in [-0.15, -0.1) is 0 Å². The van der Waals surface area contributed by atoms with Crippen LogP contribution < -0.4 is 0 Å². The molecule has 2 aliphatic rings. The molecule has 2 aromatic carbocycles. The van der Waals surface area contributed by atoms with Crippen LogP contribution in [-0.2, 0) is 17.1 Å². The van der Waals surface area contributed by atoms with Gasteiger partial charge in [0.05, 0.1) is 32.3 Å². The first kappa shape index (κ1) is 30.5. The van der Waals surface area contributed by atoms with Gasteiger partial charge in [-0.3, -0.25) is 0 Å². The molecule has 0 spiro atoms. The van der Waals surface area contributed by atoms with E-state index in [0.717, 1.165) is 11.1 Å². The number of rotatable bonds is 4. The van der Waals surface area contributed by atoms with Crippen LogP contribution in [0.15, 0.2) is 60.7 Å². The van der Waals surface area contributed by atoms with Crippen LogP contribution in [0, 0.1) is 0 Å². The van der Waals surface area contributed by atoms with Crippen molar-refractivity contribution in [1.82, 2.24) is 0 Å². The fourth-order valence-electron chi connectivity index (χ4n) is 5.46. The Balaban J connectivity index is 0.000000240.